The Bertz CT molecular complexity index is 526. The van der Waals surface area contributed by atoms with Crippen molar-refractivity contribution in [3.05, 3.63) is 18.0 Å². The van der Waals surface area contributed by atoms with Gasteiger partial charge in [0, 0.05) is 19.5 Å². The van der Waals surface area contributed by atoms with Crippen molar-refractivity contribution in [2.24, 2.45) is 18.8 Å². The van der Waals surface area contributed by atoms with Gasteiger partial charge in [-0.3, -0.25) is 16.0 Å². The predicted molar refractivity (Wildman–Crippen MR) is 73.9 cm³/mol. The quantitative estimate of drug-likeness (QED) is 0.622. The summed E-state index contributed by atoms with van der Waals surface area (Å²) in [6.07, 6.45) is 6.52. The van der Waals surface area contributed by atoms with Crippen LogP contribution in [0.5, 0.6) is 0 Å². The van der Waals surface area contributed by atoms with Crippen molar-refractivity contribution in [3.63, 3.8) is 0 Å². The first-order chi connectivity index (χ1) is 8.91. The Morgan fingerprint density at radius 2 is 2.26 bits per heavy atom. The van der Waals surface area contributed by atoms with E-state index >= 15 is 0 Å². The lowest BCUT2D eigenvalue weighted by molar-refractivity contribution is 0.270. The average Bonchev–Trinajstić information content (AvgIpc) is 2.76. The summed E-state index contributed by atoms with van der Waals surface area (Å²) >= 11 is 0. The zero-order valence-electron chi connectivity index (χ0n) is 11.4. The molecule has 0 aromatic carbocycles. The smallest absolute Gasteiger partial charge is 0.150 e. The van der Waals surface area contributed by atoms with E-state index in [4.69, 9.17) is 5.84 Å². The highest BCUT2D eigenvalue weighted by Crippen LogP contribution is 2.35. The fourth-order valence-electron chi connectivity index (χ4n) is 2.93. The van der Waals surface area contributed by atoms with E-state index < -0.39 is 9.84 Å². The first kappa shape index (κ1) is 14.5. The van der Waals surface area contributed by atoms with Crippen molar-refractivity contribution in [2.75, 3.05) is 6.26 Å². The van der Waals surface area contributed by atoms with Crippen LogP contribution in [-0.4, -0.2) is 29.7 Å². The summed E-state index contributed by atoms with van der Waals surface area (Å²) in [7, 11) is -1.11. The molecule has 3 unspecified atom stereocenters. The zero-order chi connectivity index (χ0) is 14.0. The second-order valence-corrected chi connectivity index (χ2v) is 7.76. The van der Waals surface area contributed by atoms with Gasteiger partial charge in [-0.15, -0.1) is 0 Å². The molecule has 0 saturated heterocycles. The third-order valence-electron chi connectivity index (χ3n) is 3.98. The van der Waals surface area contributed by atoms with Crippen molar-refractivity contribution >= 4 is 9.84 Å². The number of sulfone groups is 1. The Balaban J connectivity index is 2.15. The number of aryl methyl sites for hydroxylation is 1. The standard InChI is InChI=1S/C12H22N4O2S/c1-16-7-6-11(15-16)12(14-13)9-4-3-5-10(8-9)19(2,17)18/h6-7,9-10,12,14H,3-5,8,13H2,1-2H3. The van der Waals surface area contributed by atoms with Gasteiger partial charge >= 0.3 is 0 Å². The Morgan fingerprint density at radius 1 is 1.53 bits per heavy atom. The van der Waals surface area contributed by atoms with Crippen molar-refractivity contribution < 1.29 is 8.42 Å². The van der Waals surface area contributed by atoms with Crippen molar-refractivity contribution in [3.8, 4) is 0 Å². The molecule has 0 bridgehead atoms. The van der Waals surface area contributed by atoms with E-state index in [2.05, 4.69) is 10.5 Å². The normalized spacial score (nSPS) is 26.3. The molecule has 7 heteroatoms. The second kappa shape index (κ2) is 5.60. The molecule has 0 spiro atoms. The minimum Gasteiger partial charge on any atom is -0.275 e. The Hall–Kier alpha value is -0.920. The van der Waals surface area contributed by atoms with Crippen LogP contribution in [0.1, 0.15) is 37.4 Å². The van der Waals surface area contributed by atoms with E-state index in [9.17, 15) is 8.42 Å². The first-order valence-corrected chi connectivity index (χ1v) is 8.52. The molecule has 1 aliphatic rings. The molecular formula is C12H22N4O2S. The molecule has 0 radical (unpaired) electrons. The lowest BCUT2D eigenvalue weighted by Crippen LogP contribution is -2.38. The monoisotopic (exact) mass is 286 g/mol. The van der Waals surface area contributed by atoms with Crippen molar-refractivity contribution in [2.45, 2.75) is 37.0 Å². The van der Waals surface area contributed by atoms with E-state index in [-0.39, 0.29) is 17.2 Å². The maximum atomic E-state index is 11.7. The minimum absolute atomic E-state index is 0.0780. The van der Waals surface area contributed by atoms with Crippen LogP contribution in [0, 0.1) is 5.92 Å². The Kier molecular flexibility index (Phi) is 4.27. The van der Waals surface area contributed by atoms with Gasteiger partial charge in [-0.2, -0.15) is 5.10 Å². The van der Waals surface area contributed by atoms with Gasteiger partial charge in [-0.25, -0.2) is 8.42 Å². The van der Waals surface area contributed by atoms with Crippen molar-refractivity contribution in [1.29, 1.82) is 0 Å². The van der Waals surface area contributed by atoms with Crippen LogP contribution in [-0.2, 0) is 16.9 Å². The number of nitrogens with zero attached hydrogens (tertiary/aromatic N) is 2. The highest BCUT2D eigenvalue weighted by Gasteiger charge is 2.34. The molecule has 1 saturated carbocycles. The van der Waals surface area contributed by atoms with Gasteiger partial charge in [0.15, 0.2) is 0 Å². The number of rotatable bonds is 4. The first-order valence-electron chi connectivity index (χ1n) is 6.56. The van der Waals surface area contributed by atoms with E-state index in [1.165, 1.54) is 6.26 Å². The van der Waals surface area contributed by atoms with E-state index in [0.29, 0.717) is 6.42 Å². The number of hydrogen-bond donors (Lipinski definition) is 2. The molecule has 1 aliphatic carbocycles. The van der Waals surface area contributed by atoms with E-state index in [1.54, 1.807) is 4.68 Å². The van der Waals surface area contributed by atoms with Crippen LogP contribution in [0.3, 0.4) is 0 Å². The van der Waals surface area contributed by atoms with E-state index in [0.717, 1.165) is 25.0 Å². The van der Waals surface area contributed by atoms with Crippen LogP contribution >= 0.6 is 0 Å². The summed E-state index contributed by atoms with van der Waals surface area (Å²) in [4.78, 5) is 0. The molecule has 0 amide bonds. The SMILES string of the molecule is Cn1ccc(C(NN)C2CCCC(S(C)(=O)=O)C2)n1. The minimum atomic E-state index is -2.97. The number of aromatic nitrogens is 2. The molecule has 3 atom stereocenters. The maximum Gasteiger partial charge on any atom is 0.150 e. The van der Waals surface area contributed by atoms with Crippen LogP contribution in [0.15, 0.2) is 12.3 Å². The third kappa shape index (κ3) is 3.34. The van der Waals surface area contributed by atoms with Crippen LogP contribution in [0.2, 0.25) is 0 Å². The molecule has 6 nitrogen and oxygen atoms in total. The third-order valence-corrected chi connectivity index (χ3v) is 5.62. The molecule has 1 aromatic heterocycles. The fraction of sp³-hybridized carbons (Fsp3) is 0.750. The van der Waals surface area contributed by atoms with Crippen molar-refractivity contribution in [1.82, 2.24) is 15.2 Å². The number of nitrogens with one attached hydrogen (secondary N) is 1. The number of nitrogens with two attached hydrogens (primary N) is 1. The molecule has 2 rings (SSSR count). The number of hydrogen-bond acceptors (Lipinski definition) is 5. The lowest BCUT2D eigenvalue weighted by atomic mass is 9.82. The Labute approximate surface area is 114 Å². The highest BCUT2D eigenvalue weighted by atomic mass is 32.2. The van der Waals surface area contributed by atoms with Crippen LogP contribution in [0.25, 0.3) is 0 Å². The summed E-state index contributed by atoms with van der Waals surface area (Å²) in [5.41, 5.74) is 3.68. The summed E-state index contributed by atoms with van der Waals surface area (Å²) in [5, 5.41) is 4.12. The largest absolute Gasteiger partial charge is 0.275 e. The summed E-state index contributed by atoms with van der Waals surface area (Å²) < 4.78 is 25.2. The summed E-state index contributed by atoms with van der Waals surface area (Å²) in [6.45, 7) is 0. The van der Waals surface area contributed by atoms with Crippen LogP contribution < -0.4 is 11.3 Å². The van der Waals surface area contributed by atoms with Gasteiger partial charge in [-0.05, 0) is 31.2 Å². The molecule has 1 heterocycles. The highest BCUT2D eigenvalue weighted by molar-refractivity contribution is 7.91. The summed E-state index contributed by atoms with van der Waals surface area (Å²) in [6, 6.07) is 1.85. The molecular weight excluding hydrogens is 264 g/mol. The zero-order valence-corrected chi connectivity index (χ0v) is 12.2. The molecule has 1 fully saturated rings. The van der Waals surface area contributed by atoms with Gasteiger partial charge in [0.1, 0.15) is 9.84 Å². The lowest BCUT2D eigenvalue weighted by Gasteiger charge is -2.32. The second-order valence-electron chi connectivity index (χ2n) is 5.44. The molecule has 3 N–H and O–H groups in total. The molecule has 0 aliphatic heterocycles. The van der Waals surface area contributed by atoms with Gasteiger partial charge in [0.25, 0.3) is 0 Å². The topological polar surface area (TPSA) is 90.0 Å². The van der Waals surface area contributed by atoms with E-state index in [1.807, 2.05) is 19.3 Å². The van der Waals surface area contributed by atoms with Crippen LogP contribution in [0.4, 0.5) is 0 Å². The molecule has 108 valence electrons. The Morgan fingerprint density at radius 3 is 2.79 bits per heavy atom. The predicted octanol–water partition coefficient (Wildman–Crippen LogP) is 0.528. The van der Waals surface area contributed by atoms with Gasteiger partial charge in [0.2, 0.25) is 0 Å². The average molecular weight is 286 g/mol. The van der Waals surface area contributed by atoms with Gasteiger partial charge < -0.3 is 0 Å². The number of hydrazine groups is 1. The summed E-state index contributed by atoms with van der Waals surface area (Å²) in [5.74, 6) is 5.87. The van der Waals surface area contributed by atoms with Gasteiger partial charge in [-0.1, -0.05) is 6.42 Å². The fourth-order valence-corrected chi connectivity index (χ4v) is 4.13. The van der Waals surface area contributed by atoms with Gasteiger partial charge in [0.05, 0.1) is 17.0 Å². The molecule has 1 aromatic rings. The maximum absolute atomic E-state index is 11.7. The molecule has 19 heavy (non-hydrogen) atoms.